The number of fused-ring (bicyclic) bond motifs is 3. The first-order valence-electron chi connectivity index (χ1n) is 14.4. The van der Waals surface area contributed by atoms with E-state index in [4.69, 9.17) is 4.74 Å². The normalized spacial score (nSPS) is 36.5. The SMILES string of the molecule is CC(=O)OC(C)(C)/C=C/C(=O)[C@](C)(O)[C@@H]1[C@H](O)C[C@]2(C)[C@@H]3CC=C(C(C)(C)C(=O)O)[C@H](CC(=O)O)[C@@]3(C)C(=O)C[C@]12C. The zero-order chi connectivity index (χ0) is 32.4. The van der Waals surface area contributed by atoms with Crippen molar-refractivity contribution in [2.75, 3.05) is 0 Å². The van der Waals surface area contributed by atoms with Crippen LogP contribution in [0.1, 0.15) is 88.0 Å². The van der Waals surface area contributed by atoms with Gasteiger partial charge in [0.15, 0.2) is 5.78 Å². The van der Waals surface area contributed by atoms with E-state index in [2.05, 4.69) is 0 Å². The number of Topliss-reactive ketones (excluding diaryl/α,β-unsaturated/α-hetero) is 1. The van der Waals surface area contributed by atoms with Crippen molar-refractivity contribution in [1.29, 1.82) is 0 Å². The van der Waals surface area contributed by atoms with Gasteiger partial charge in [-0.1, -0.05) is 32.4 Å². The number of rotatable bonds is 9. The highest BCUT2D eigenvalue weighted by Gasteiger charge is 2.74. The topological polar surface area (TPSA) is 176 Å². The largest absolute Gasteiger partial charge is 0.481 e. The van der Waals surface area contributed by atoms with Crippen molar-refractivity contribution in [3.05, 3.63) is 23.8 Å². The standard InChI is InChI=1S/C32H46O10/c1-17(33)42-27(2,3)13-12-22(35)32(9,41)25-20(34)15-29(6)21-11-10-18(28(4,5)26(39)40)19(14-24(37)38)31(21,8)23(36)16-30(25,29)7/h10,12-13,19-21,25,34,41H,11,14-16H2,1-9H3,(H,37,38)(H,39,40)/b13-12+/t19-,20+,21-,25+,29+,30+,31+,32-/m0/s1. The van der Waals surface area contributed by atoms with Gasteiger partial charge in [-0.3, -0.25) is 24.0 Å². The fourth-order valence-electron chi connectivity index (χ4n) is 8.76. The number of aliphatic hydroxyl groups is 2. The average Bonchev–Trinajstić information content (AvgIpc) is 3.02. The van der Waals surface area contributed by atoms with E-state index < -0.39 is 86.8 Å². The maximum absolute atomic E-state index is 14.3. The summed E-state index contributed by atoms with van der Waals surface area (Å²) in [6.07, 6.45) is 2.95. The number of aliphatic carboxylic acids is 2. The zero-order valence-corrected chi connectivity index (χ0v) is 26.1. The second-order valence-electron chi connectivity index (χ2n) is 14.5. The number of esters is 1. The summed E-state index contributed by atoms with van der Waals surface area (Å²) in [5.74, 6) is -6.23. The summed E-state index contributed by atoms with van der Waals surface area (Å²) in [4.78, 5) is 63.5. The fraction of sp³-hybridized carbons (Fsp3) is 0.719. The molecule has 0 saturated heterocycles. The number of hydrogen-bond acceptors (Lipinski definition) is 8. The molecule has 2 saturated carbocycles. The molecular formula is C32H46O10. The number of carbonyl (C=O) groups is 5. The number of carboxylic acid groups (broad SMARTS) is 2. The second kappa shape index (κ2) is 10.4. The van der Waals surface area contributed by atoms with Gasteiger partial charge < -0.3 is 25.2 Å². The monoisotopic (exact) mass is 590 g/mol. The Hall–Kier alpha value is -2.85. The summed E-state index contributed by atoms with van der Waals surface area (Å²) in [6, 6.07) is 0. The van der Waals surface area contributed by atoms with Crippen LogP contribution in [-0.4, -0.2) is 67.2 Å². The summed E-state index contributed by atoms with van der Waals surface area (Å²) < 4.78 is 5.20. The quantitative estimate of drug-likeness (QED) is 0.176. The minimum Gasteiger partial charge on any atom is -0.481 e. The lowest BCUT2D eigenvalue weighted by atomic mass is 9.39. The van der Waals surface area contributed by atoms with Crippen molar-refractivity contribution in [2.45, 2.75) is 105 Å². The molecule has 0 aliphatic heterocycles. The molecule has 3 aliphatic carbocycles. The summed E-state index contributed by atoms with van der Waals surface area (Å²) in [5.41, 5.74) is -7.36. The van der Waals surface area contributed by atoms with Crippen molar-refractivity contribution in [3.8, 4) is 0 Å². The summed E-state index contributed by atoms with van der Waals surface area (Å²) in [7, 11) is 0. The first-order valence-corrected chi connectivity index (χ1v) is 14.4. The molecule has 10 nitrogen and oxygen atoms in total. The first-order chi connectivity index (χ1) is 18.9. The Kier molecular flexibility index (Phi) is 8.33. The van der Waals surface area contributed by atoms with Crippen molar-refractivity contribution in [3.63, 3.8) is 0 Å². The molecule has 234 valence electrons. The molecule has 0 radical (unpaired) electrons. The molecule has 0 aromatic rings. The van der Waals surface area contributed by atoms with Crippen LogP contribution < -0.4 is 0 Å². The number of allylic oxidation sites excluding steroid dienone is 1. The van der Waals surface area contributed by atoms with E-state index in [-0.39, 0.29) is 25.0 Å². The van der Waals surface area contributed by atoms with Crippen LogP contribution in [0.4, 0.5) is 0 Å². The molecule has 0 heterocycles. The Morgan fingerprint density at radius 3 is 2.12 bits per heavy atom. The number of ether oxygens (including phenoxy) is 1. The molecule has 2 fully saturated rings. The fourth-order valence-corrected chi connectivity index (χ4v) is 8.76. The maximum atomic E-state index is 14.3. The van der Waals surface area contributed by atoms with Gasteiger partial charge in [0.25, 0.3) is 0 Å². The van der Waals surface area contributed by atoms with Gasteiger partial charge in [-0.15, -0.1) is 0 Å². The Bertz CT molecular complexity index is 1260. The van der Waals surface area contributed by atoms with Gasteiger partial charge in [0.05, 0.1) is 17.9 Å². The lowest BCUT2D eigenvalue weighted by molar-refractivity contribution is -0.182. The third-order valence-electron chi connectivity index (χ3n) is 11.1. The summed E-state index contributed by atoms with van der Waals surface area (Å²) in [5, 5.41) is 43.1. The van der Waals surface area contributed by atoms with Gasteiger partial charge in [0.1, 0.15) is 17.0 Å². The van der Waals surface area contributed by atoms with E-state index in [1.807, 2.05) is 6.92 Å². The predicted octanol–water partition coefficient (Wildman–Crippen LogP) is 3.72. The van der Waals surface area contributed by atoms with Gasteiger partial charge in [-0.2, -0.15) is 0 Å². The lowest BCUT2D eigenvalue weighted by Gasteiger charge is -2.63. The van der Waals surface area contributed by atoms with Gasteiger partial charge in [0, 0.05) is 30.6 Å². The van der Waals surface area contributed by atoms with Crippen molar-refractivity contribution >= 4 is 29.5 Å². The Morgan fingerprint density at radius 1 is 1.05 bits per heavy atom. The summed E-state index contributed by atoms with van der Waals surface area (Å²) in [6.45, 7) is 14.2. The van der Waals surface area contributed by atoms with Crippen LogP contribution in [0.15, 0.2) is 23.8 Å². The molecule has 8 atom stereocenters. The molecule has 0 aromatic heterocycles. The molecule has 42 heavy (non-hydrogen) atoms. The van der Waals surface area contributed by atoms with Crippen LogP contribution in [0.3, 0.4) is 0 Å². The zero-order valence-electron chi connectivity index (χ0n) is 26.1. The van der Waals surface area contributed by atoms with Crippen molar-refractivity contribution < 1.29 is 49.1 Å². The third kappa shape index (κ3) is 5.04. The molecule has 10 heteroatoms. The predicted molar refractivity (Wildman–Crippen MR) is 152 cm³/mol. The van der Waals surface area contributed by atoms with Gasteiger partial charge in [-0.05, 0) is 76.4 Å². The molecule has 0 unspecified atom stereocenters. The molecule has 0 spiro atoms. The molecule has 0 aromatic carbocycles. The van der Waals surface area contributed by atoms with Crippen LogP contribution >= 0.6 is 0 Å². The van der Waals surface area contributed by atoms with E-state index in [1.165, 1.54) is 33.8 Å². The maximum Gasteiger partial charge on any atom is 0.313 e. The summed E-state index contributed by atoms with van der Waals surface area (Å²) >= 11 is 0. The number of hydrogen-bond donors (Lipinski definition) is 4. The third-order valence-corrected chi connectivity index (χ3v) is 11.1. The van der Waals surface area contributed by atoms with E-state index in [1.54, 1.807) is 33.8 Å². The van der Waals surface area contributed by atoms with E-state index in [0.29, 0.717) is 5.57 Å². The molecule has 0 bridgehead atoms. The Morgan fingerprint density at radius 2 is 1.62 bits per heavy atom. The number of carboxylic acids is 2. The Balaban J connectivity index is 2.12. The van der Waals surface area contributed by atoms with E-state index in [9.17, 15) is 44.4 Å². The van der Waals surface area contributed by atoms with E-state index >= 15 is 0 Å². The minimum absolute atomic E-state index is 0.138. The minimum atomic E-state index is -2.09. The molecule has 0 amide bonds. The van der Waals surface area contributed by atoms with Crippen molar-refractivity contribution in [1.82, 2.24) is 0 Å². The van der Waals surface area contributed by atoms with Gasteiger partial charge in [0.2, 0.25) is 0 Å². The molecule has 3 aliphatic rings. The Labute approximate surface area is 247 Å². The van der Waals surface area contributed by atoms with Gasteiger partial charge >= 0.3 is 17.9 Å². The lowest BCUT2D eigenvalue weighted by Crippen LogP contribution is -2.64. The van der Waals surface area contributed by atoms with E-state index in [0.717, 1.165) is 6.08 Å². The number of carbonyl (C=O) groups excluding carboxylic acids is 3. The van der Waals surface area contributed by atoms with Gasteiger partial charge in [-0.25, -0.2) is 0 Å². The van der Waals surface area contributed by atoms with Crippen LogP contribution in [-0.2, 0) is 28.7 Å². The highest BCUT2D eigenvalue weighted by molar-refractivity contribution is 5.97. The van der Waals surface area contributed by atoms with Crippen LogP contribution in [0.25, 0.3) is 0 Å². The highest BCUT2D eigenvalue weighted by atomic mass is 16.6. The molecule has 3 rings (SSSR count). The molecule has 4 N–H and O–H groups in total. The number of aliphatic hydroxyl groups excluding tert-OH is 1. The second-order valence-corrected chi connectivity index (χ2v) is 14.5. The van der Waals surface area contributed by atoms with Crippen LogP contribution in [0.2, 0.25) is 0 Å². The number of ketones is 2. The smallest absolute Gasteiger partial charge is 0.313 e. The van der Waals surface area contributed by atoms with Crippen LogP contribution in [0.5, 0.6) is 0 Å². The highest BCUT2D eigenvalue weighted by Crippen LogP contribution is 2.73. The van der Waals surface area contributed by atoms with Crippen molar-refractivity contribution in [2.24, 2.45) is 39.4 Å². The molecular weight excluding hydrogens is 544 g/mol. The average molecular weight is 591 g/mol. The van der Waals surface area contributed by atoms with Crippen LogP contribution in [0, 0.1) is 39.4 Å². The first kappa shape index (κ1) is 33.6.